The monoisotopic (exact) mass is 242 g/mol. The lowest BCUT2D eigenvalue weighted by Gasteiger charge is -2.15. The lowest BCUT2D eigenvalue weighted by atomic mass is 10.1. The molecular weight excluding hydrogens is 224 g/mol. The Kier molecular flexibility index (Phi) is 8.69. The molecule has 1 N–H and O–H groups in total. The average molecular weight is 242 g/mol. The van der Waals surface area contributed by atoms with Gasteiger partial charge in [0, 0.05) is 13.0 Å². The number of rotatable bonds is 8. The summed E-state index contributed by atoms with van der Waals surface area (Å²) in [6, 6.07) is 1.27. The van der Waals surface area contributed by atoms with E-state index in [0.29, 0.717) is 25.9 Å². The van der Waals surface area contributed by atoms with Crippen molar-refractivity contribution < 1.29 is 19.1 Å². The first-order valence-corrected chi connectivity index (χ1v) is 5.47. The van der Waals surface area contributed by atoms with Gasteiger partial charge in [-0.25, -0.2) is 4.79 Å². The van der Waals surface area contributed by atoms with Crippen molar-refractivity contribution in [2.45, 2.75) is 32.2 Å². The number of amides is 1. The van der Waals surface area contributed by atoms with Crippen LogP contribution in [0.3, 0.4) is 0 Å². The lowest BCUT2D eigenvalue weighted by Crippen LogP contribution is -2.43. The Morgan fingerprint density at radius 2 is 2.18 bits per heavy atom. The summed E-state index contributed by atoms with van der Waals surface area (Å²) in [6.45, 7) is 2.13. The molecule has 0 saturated carbocycles. The minimum atomic E-state index is -0.707. The van der Waals surface area contributed by atoms with Crippen molar-refractivity contribution in [3.8, 4) is 6.07 Å². The molecule has 96 valence electrons. The fourth-order valence-corrected chi connectivity index (χ4v) is 1.21. The van der Waals surface area contributed by atoms with Crippen molar-refractivity contribution in [2.75, 3.05) is 20.3 Å². The standard InChI is InChI=1S/C11H18N2O4/c1-3-17-8-10(14)13-9(11(15)16-2)6-4-5-7-12/h9H,3-6,8H2,1-2H3,(H,13,14)/t9-/m0/s1. The molecule has 0 rings (SSSR count). The second-order valence-electron chi connectivity index (χ2n) is 3.33. The van der Waals surface area contributed by atoms with Crippen molar-refractivity contribution in [1.82, 2.24) is 5.32 Å². The summed E-state index contributed by atoms with van der Waals surface area (Å²) in [5, 5.41) is 10.9. The lowest BCUT2D eigenvalue weighted by molar-refractivity contribution is -0.145. The number of nitriles is 1. The molecule has 0 aromatic carbocycles. The molecule has 1 atom stereocenters. The molecule has 0 aliphatic heterocycles. The van der Waals surface area contributed by atoms with E-state index in [4.69, 9.17) is 10.00 Å². The molecule has 0 aliphatic rings. The van der Waals surface area contributed by atoms with Crippen LogP contribution in [0.15, 0.2) is 0 Å². The number of nitrogens with zero attached hydrogens (tertiary/aromatic N) is 1. The maximum absolute atomic E-state index is 11.4. The minimum Gasteiger partial charge on any atom is -0.467 e. The van der Waals surface area contributed by atoms with E-state index in [0.717, 1.165) is 0 Å². The highest BCUT2D eigenvalue weighted by molar-refractivity contribution is 5.84. The van der Waals surface area contributed by atoms with E-state index in [1.807, 2.05) is 6.07 Å². The maximum Gasteiger partial charge on any atom is 0.328 e. The Hall–Kier alpha value is -1.61. The number of hydrogen-bond acceptors (Lipinski definition) is 5. The van der Waals surface area contributed by atoms with Crippen LogP contribution in [0.4, 0.5) is 0 Å². The Balaban J connectivity index is 4.14. The zero-order valence-corrected chi connectivity index (χ0v) is 10.2. The third-order valence-corrected chi connectivity index (χ3v) is 2.04. The van der Waals surface area contributed by atoms with Crippen molar-refractivity contribution in [3.63, 3.8) is 0 Å². The largest absolute Gasteiger partial charge is 0.467 e. The third kappa shape index (κ3) is 7.30. The summed E-state index contributed by atoms with van der Waals surface area (Å²) in [6.07, 6.45) is 1.26. The molecule has 0 aliphatic carbocycles. The number of ether oxygens (including phenoxy) is 2. The molecule has 0 aromatic rings. The van der Waals surface area contributed by atoms with Gasteiger partial charge in [-0.15, -0.1) is 0 Å². The van der Waals surface area contributed by atoms with Gasteiger partial charge in [0.1, 0.15) is 12.6 Å². The van der Waals surface area contributed by atoms with Crippen LogP contribution < -0.4 is 5.32 Å². The van der Waals surface area contributed by atoms with Crippen LogP contribution >= 0.6 is 0 Å². The van der Waals surface area contributed by atoms with Crippen LogP contribution in [0.1, 0.15) is 26.2 Å². The Morgan fingerprint density at radius 1 is 1.47 bits per heavy atom. The molecule has 0 saturated heterocycles. The molecule has 0 unspecified atom stereocenters. The first kappa shape index (κ1) is 15.4. The molecule has 17 heavy (non-hydrogen) atoms. The van der Waals surface area contributed by atoms with Gasteiger partial charge in [0.2, 0.25) is 5.91 Å². The van der Waals surface area contributed by atoms with Crippen LogP contribution in [0.5, 0.6) is 0 Å². The summed E-state index contributed by atoms with van der Waals surface area (Å²) in [5.74, 6) is -0.869. The van der Waals surface area contributed by atoms with E-state index >= 15 is 0 Å². The number of esters is 1. The first-order valence-electron chi connectivity index (χ1n) is 5.47. The summed E-state index contributed by atoms with van der Waals surface area (Å²) in [4.78, 5) is 22.7. The zero-order valence-electron chi connectivity index (χ0n) is 10.2. The highest BCUT2D eigenvalue weighted by Gasteiger charge is 2.20. The van der Waals surface area contributed by atoms with Gasteiger partial charge in [-0.05, 0) is 19.8 Å². The fraction of sp³-hybridized carbons (Fsp3) is 0.727. The molecule has 0 fully saturated rings. The molecule has 0 heterocycles. The smallest absolute Gasteiger partial charge is 0.328 e. The van der Waals surface area contributed by atoms with E-state index in [-0.39, 0.29) is 12.5 Å². The highest BCUT2D eigenvalue weighted by Crippen LogP contribution is 2.02. The van der Waals surface area contributed by atoms with Crippen molar-refractivity contribution in [3.05, 3.63) is 0 Å². The van der Waals surface area contributed by atoms with E-state index in [2.05, 4.69) is 10.1 Å². The van der Waals surface area contributed by atoms with Crippen LogP contribution in [0, 0.1) is 11.3 Å². The molecule has 6 heteroatoms. The number of carbonyl (C=O) groups excluding carboxylic acids is 2. The van der Waals surface area contributed by atoms with Crippen LogP contribution in [0.2, 0.25) is 0 Å². The number of hydrogen-bond donors (Lipinski definition) is 1. The van der Waals surface area contributed by atoms with Crippen LogP contribution in [-0.2, 0) is 19.1 Å². The second kappa shape index (κ2) is 9.60. The third-order valence-electron chi connectivity index (χ3n) is 2.04. The molecule has 6 nitrogen and oxygen atoms in total. The van der Waals surface area contributed by atoms with E-state index < -0.39 is 12.0 Å². The number of methoxy groups -OCH3 is 1. The van der Waals surface area contributed by atoms with Gasteiger partial charge in [0.15, 0.2) is 0 Å². The van der Waals surface area contributed by atoms with Crippen molar-refractivity contribution in [1.29, 1.82) is 5.26 Å². The second-order valence-corrected chi connectivity index (χ2v) is 3.33. The Bertz CT molecular complexity index is 286. The average Bonchev–Trinajstić information content (AvgIpc) is 2.34. The maximum atomic E-state index is 11.4. The summed E-state index contributed by atoms with van der Waals surface area (Å²) in [5.41, 5.74) is 0. The predicted molar refractivity (Wildman–Crippen MR) is 59.9 cm³/mol. The van der Waals surface area contributed by atoms with Gasteiger partial charge in [0.05, 0.1) is 13.2 Å². The van der Waals surface area contributed by atoms with Crippen LogP contribution in [0.25, 0.3) is 0 Å². The van der Waals surface area contributed by atoms with E-state index in [1.54, 1.807) is 6.92 Å². The fourth-order valence-electron chi connectivity index (χ4n) is 1.21. The molecular formula is C11H18N2O4. The predicted octanol–water partition coefficient (Wildman–Crippen LogP) is 0.375. The minimum absolute atomic E-state index is 0.0811. The van der Waals surface area contributed by atoms with Gasteiger partial charge in [0.25, 0.3) is 0 Å². The SMILES string of the molecule is CCOCC(=O)N[C@@H](CCCC#N)C(=O)OC. The quantitative estimate of drug-likeness (QED) is 0.491. The Morgan fingerprint density at radius 3 is 2.71 bits per heavy atom. The van der Waals surface area contributed by atoms with Gasteiger partial charge in [-0.3, -0.25) is 4.79 Å². The van der Waals surface area contributed by atoms with E-state index in [1.165, 1.54) is 7.11 Å². The van der Waals surface area contributed by atoms with Gasteiger partial charge in [-0.1, -0.05) is 0 Å². The molecule has 0 aromatic heterocycles. The first-order chi connectivity index (χ1) is 8.15. The normalized spacial score (nSPS) is 11.4. The van der Waals surface area contributed by atoms with Gasteiger partial charge < -0.3 is 14.8 Å². The molecule has 0 spiro atoms. The van der Waals surface area contributed by atoms with Crippen LogP contribution in [-0.4, -0.2) is 38.2 Å². The summed E-state index contributed by atoms with van der Waals surface area (Å²) >= 11 is 0. The highest BCUT2D eigenvalue weighted by atomic mass is 16.5. The van der Waals surface area contributed by atoms with Crippen molar-refractivity contribution >= 4 is 11.9 Å². The molecule has 0 bridgehead atoms. The number of nitrogens with one attached hydrogen (secondary N) is 1. The molecule has 0 radical (unpaired) electrons. The van der Waals surface area contributed by atoms with Gasteiger partial charge in [-0.2, -0.15) is 5.26 Å². The van der Waals surface area contributed by atoms with Crippen molar-refractivity contribution in [2.24, 2.45) is 0 Å². The number of carbonyl (C=O) groups is 2. The van der Waals surface area contributed by atoms with Gasteiger partial charge >= 0.3 is 5.97 Å². The summed E-state index contributed by atoms with van der Waals surface area (Å²) in [7, 11) is 1.26. The summed E-state index contributed by atoms with van der Waals surface area (Å²) < 4.78 is 9.49. The number of unbranched alkanes of at least 4 members (excludes halogenated alkanes) is 1. The topological polar surface area (TPSA) is 88.4 Å². The molecule has 1 amide bonds. The van der Waals surface area contributed by atoms with E-state index in [9.17, 15) is 9.59 Å². The zero-order chi connectivity index (χ0) is 13.1. The Labute approximate surface area is 101 Å².